The van der Waals surface area contributed by atoms with E-state index in [1.54, 1.807) is 14.0 Å². The van der Waals surface area contributed by atoms with Crippen molar-refractivity contribution in [1.29, 1.82) is 0 Å². The highest BCUT2D eigenvalue weighted by Crippen LogP contribution is 1.84. The van der Waals surface area contributed by atoms with Gasteiger partial charge in [0.05, 0.1) is 26.4 Å². The Morgan fingerprint density at radius 2 is 1.82 bits per heavy atom. The van der Waals surface area contributed by atoms with Crippen molar-refractivity contribution in [2.24, 2.45) is 0 Å². The molecule has 0 rings (SSSR count). The molecule has 0 aromatic rings. The van der Waals surface area contributed by atoms with Gasteiger partial charge >= 0.3 is 0 Å². The van der Waals surface area contributed by atoms with Crippen molar-refractivity contribution in [3.8, 4) is 0 Å². The summed E-state index contributed by atoms with van der Waals surface area (Å²) in [6, 6.07) is 0. The summed E-state index contributed by atoms with van der Waals surface area (Å²) in [7, 11) is 1.62. The molecule has 1 atom stereocenters. The monoisotopic (exact) mass is 164 g/mol. The lowest BCUT2D eigenvalue weighted by Crippen LogP contribution is -2.13. The second kappa shape index (κ2) is 7.94. The van der Waals surface area contributed by atoms with E-state index >= 15 is 0 Å². The van der Waals surface area contributed by atoms with Gasteiger partial charge in [-0.15, -0.1) is 0 Å². The van der Waals surface area contributed by atoms with Gasteiger partial charge in [0.25, 0.3) is 0 Å². The fourth-order valence-electron chi connectivity index (χ4n) is 0.522. The fraction of sp³-hybridized carbons (Fsp3) is 1.00. The summed E-state index contributed by atoms with van der Waals surface area (Å²) in [5.41, 5.74) is 0. The molecule has 68 valence electrons. The minimum Gasteiger partial charge on any atom is -0.382 e. The van der Waals surface area contributed by atoms with Crippen LogP contribution in [0.25, 0.3) is 0 Å². The average Bonchev–Trinajstić information content (AvgIpc) is 1.96. The Kier molecular flexibility index (Phi) is 7.83. The Hall–Kier alpha value is -0.160. The first kappa shape index (κ1) is 10.8. The Morgan fingerprint density at radius 1 is 1.18 bits per heavy atom. The van der Waals surface area contributed by atoms with Crippen molar-refractivity contribution in [3.05, 3.63) is 0 Å². The van der Waals surface area contributed by atoms with Gasteiger partial charge in [0.1, 0.15) is 0 Å². The van der Waals surface area contributed by atoms with Crippen molar-refractivity contribution < 1.29 is 19.3 Å². The summed E-state index contributed by atoms with van der Waals surface area (Å²) in [6.45, 7) is 3.64. The first-order valence-corrected chi connectivity index (χ1v) is 3.63. The molecule has 0 bridgehead atoms. The Morgan fingerprint density at radius 3 is 2.36 bits per heavy atom. The van der Waals surface area contributed by atoms with Crippen molar-refractivity contribution in [2.45, 2.75) is 13.2 Å². The first-order chi connectivity index (χ1) is 5.27. The van der Waals surface area contributed by atoms with Gasteiger partial charge in [0.2, 0.25) is 0 Å². The van der Waals surface area contributed by atoms with Gasteiger partial charge in [-0.25, -0.2) is 0 Å². The zero-order valence-electron chi connectivity index (χ0n) is 7.08. The number of hydrogen-bond acceptors (Lipinski definition) is 4. The molecule has 0 heterocycles. The van der Waals surface area contributed by atoms with E-state index in [4.69, 9.17) is 19.3 Å². The standard InChI is InChI=1S/C7H16O4/c1-7(8)11-6-5-10-4-3-9-2/h7-8H,3-6H2,1-2H3. The minimum atomic E-state index is -0.707. The van der Waals surface area contributed by atoms with Crippen LogP contribution in [-0.2, 0) is 14.2 Å². The normalized spacial score (nSPS) is 13.4. The number of aliphatic hydroxyl groups excluding tert-OH is 1. The zero-order valence-corrected chi connectivity index (χ0v) is 7.08. The van der Waals surface area contributed by atoms with Crippen LogP contribution in [0.15, 0.2) is 0 Å². The van der Waals surface area contributed by atoms with Crippen LogP contribution in [0.4, 0.5) is 0 Å². The molecule has 0 saturated carbocycles. The molecule has 0 fully saturated rings. The number of methoxy groups -OCH3 is 1. The highest BCUT2D eigenvalue weighted by molar-refractivity contribution is 4.31. The van der Waals surface area contributed by atoms with Gasteiger partial charge < -0.3 is 19.3 Å². The molecule has 4 heteroatoms. The molecule has 0 radical (unpaired) electrons. The smallest absolute Gasteiger partial charge is 0.151 e. The van der Waals surface area contributed by atoms with Crippen LogP contribution in [0, 0.1) is 0 Å². The Balaban J connectivity index is 2.80. The quantitative estimate of drug-likeness (QED) is 0.425. The van der Waals surface area contributed by atoms with E-state index in [1.165, 1.54) is 0 Å². The Bertz CT molecular complexity index is 74.8. The lowest BCUT2D eigenvalue weighted by atomic mass is 10.7. The molecular weight excluding hydrogens is 148 g/mol. The van der Waals surface area contributed by atoms with Crippen LogP contribution < -0.4 is 0 Å². The molecule has 11 heavy (non-hydrogen) atoms. The van der Waals surface area contributed by atoms with Crippen molar-refractivity contribution in [3.63, 3.8) is 0 Å². The van der Waals surface area contributed by atoms with Crippen molar-refractivity contribution >= 4 is 0 Å². The van der Waals surface area contributed by atoms with E-state index in [1.807, 2.05) is 0 Å². The molecule has 0 aliphatic rings. The van der Waals surface area contributed by atoms with Gasteiger partial charge in [0, 0.05) is 7.11 Å². The maximum Gasteiger partial charge on any atom is 0.151 e. The third-order valence-corrected chi connectivity index (χ3v) is 1.02. The average molecular weight is 164 g/mol. The van der Waals surface area contributed by atoms with Crippen LogP contribution in [0.5, 0.6) is 0 Å². The van der Waals surface area contributed by atoms with Gasteiger partial charge in [0.15, 0.2) is 6.29 Å². The molecule has 0 saturated heterocycles. The summed E-state index contributed by atoms with van der Waals surface area (Å²) in [5, 5.41) is 8.65. The second-order valence-corrected chi connectivity index (χ2v) is 2.08. The number of aliphatic hydroxyl groups is 1. The molecule has 0 aliphatic heterocycles. The SMILES string of the molecule is COCCOCCOC(C)O. The molecule has 1 N–H and O–H groups in total. The minimum absolute atomic E-state index is 0.418. The number of rotatable bonds is 7. The summed E-state index contributed by atoms with van der Waals surface area (Å²) >= 11 is 0. The summed E-state index contributed by atoms with van der Waals surface area (Å²) in [6.07, 6.45) is -0.707. The maximum absolute atomic E-state index is 8.65. The largest absolute Gasteiger partial charge is 0.382 e. The molecule has 0 aliphatic carbocycles. The lowest BCUT2D eigenvalue weighted by Gasteiger charge is -2.06. The molecule has 0 spiro atoms. The topological polar surface area (TPSA) is 47.9 Å². The first-order valence-electron chi connectivity index (χ1n) is 3.63. The molecule has 1 unspecified atom stereocenters. The van der Waals surface area contributed by atoms with E-state index in [2.05, 4.69) is 0 Å². The second-order valence-electron chi connectivity index (χ2n) is 2.08. The van der Waals surface area contributed by atoms with Crippen LogP contribution in [0.2, 0.25) is 0 Å². The Labute approximate surface area is 67.1 Å². The molecule has 0 aromatic carbocycles. The van der Waals surface area contributed by atoms with E-state index in [9.17, 15) is 0 Å². The highest BCUT2D eigenvalue weighted by atomic mass is 16.6. The zero-order chi connectivity index (χ0) is 8.53. The van der Waals surface area contributed by atoms with E-state index in [-0.39, 0.29) is 0 Å². The maximum atomic E-state index is 8.65. The van der Waals surface area contributed by atoms with Gasteiger partial charge in [-0.3, -0.25) is 0 Å². The number of ether oxygens (including phenoxy) is 3. The van der Waals surface area contributed by atoms with E-state index < -0.39 is 6.29 Å². The molecule has 0 aromatic heterocycles. The lowest BCUT2D eigenvalue weighted by molar-refractivity contribution is -0.101. The van der Waals surface area contributed by atoms with Crippen LogP contribution >= 0.6 is 0 Å². The fourth-order valence-corrected chi connectivity index (χ4v) is 0.522. The van der Waals surface area contributed by atoms with Gasteiger partial charge in [-0.05, 0) is 6.92 Å². The van der Waals surface area contributed by atoms with Gasteiger partial charge in [-0.1, -0.05) is 0 Å². The molecular formula is C7H16O4. The molecule has 0 amide bonds. The van der Waals surface area contributed by atoms with E-state index in [0.29, 0.717) is 26.4 Å². The van der Waals surface area contributed by atoms with Crippen LogP contribution in [0.3, 0.4) is 0 Å². The van der Waals surface area contributed by atoms with Crippen LogP contribution in [0.1, 0.15) is 6.92 Å². The summed E-state index contributed by atoms with van der Waals surface area (Å²) < 4.78 is 14.6. The summed E-state index contributed by atoms with van der Waals surface area (Å²) in [5.74, 6) is 0. The van der Waals surface area contributed by atoms with Crippen molar-refractivity contribution in [1.82, 2.24) is 0 Å². The van der Waals surface area contributed by atoms with Crippen molar-refractivity contribution in [2.75, 3.05) is 33.5 Å². The third kappa shape index (κ3) is 9.84. The van der Waals surface area contributed by atoms with Gasteiger partial charge in [-0.2, -0.15) is 0 Å². The molecule has 4 nitrogen and oxygen atoms in total. The third-order valence-electron chi connectivity index (χ3n) is 1.02. The number of hydrogen-bond donors (Lipinski definition) is 1. The predicted octanol–water partition coefficient (Wildman–Crippen LogP) is 0.00430. The van der Waals surface area contributed by atoms with E-state index in [0.717, 1.165) is 0 Å². The predicted molar refractivity (Wildman–Crippen MR) is 40.3 cm³/mol. The van der Waals surface area contributed by atoms with Crippen LogP contribution in [-0.4, -0.2) is 44.9 Å². The highest BCUT2D eigenvalue weighted by Gasteiger charge is 1.93. The summed E-state index contributed by atoms with van der Waals surface area (Å²) in [4.78, 5) is 0.